The lowest BCUT2D eigenvalue weighted by molar-refractivity contribution is -0.138. The molecule has 0 bridgehead atoms. The van der Waals surface area contributed by atoms with Gasteiger partial charge in [-0.1, -0.05) is 24.3 Å². The number of ether oxygens (including phenoxy) is 2. The maximum absolute atomic E-state index is 10.9. The van der Waals surface area contributed by atoms with Gasteiger partial charge in [0.05, 0.1) is 13.0 Å². The number of hydrogen-bond acceptors (Lipinski definition) is 3. The lowest BCUT2D eigenvalue weighted by Gasteiger charge is -2.09. The highest BCUT2D eigenvalue weighted by molar-refractivity contribution is 5.75. The van der Waals surface area contributed by atoms with Crippen molar-refractivity contribution in [2.75, 3.05) is 7.11 Å². The fourth-order valence-corrected chi connectivity index (χ4v) is 1.88. The molecule has 0 heterocycles. The molecule has 1 unspecified atom stereocenters. The minimum absolute atomic E-state index is 0.439. The smallest absolute Gasteiger partial charge is 0.310 e. The number of aliphatic carboxylic acids is 1. The number of carboxylic acids is 1. The van der Waals surface area contributed by atoms with Gasteiger partial charge >= 0.3 is 5.97 Å². The summed E-state index contributed by atoms with van der Waals surface area (Å²) >= 11 is 0. The standard InChI is InChI=1S/C17H18O4/c1-12(17(18)19)14-5-3-13(4-6-14)11-21-16-9-7-15(20-2)8-10-16/h3-10,12H,11H2,1-2H3,(H,18,19). The highest BCUT2D eigenvalue weighted by atomic mass is 16.5. The van der Waals surface area contributed by atoms with E-state index in [1.165, 1.54) is 0 Å². The second-order valence-electron chi connectivity index (χ2n) is 4.77. The lowest BCUT2D eigenvalue weighted by Crippen LogP contribution is -2.07. The summed E-state index contributed by atoms with van der Waals surface area (Å²) in [6.45, 7) is 2.11. The van der Waals surface area contributed by atoms with Gasteiger partial charge in [-0.3, -0.25) is 4.79 Å². The summed E-state index contributed by atoms with van der Waals surface area (Å²) < 4.78 is 10.8. The SMILES string of the molecule is COc1ccc(OCc2ccc(C(C)C(=O)O)cc2)cc1. The Balaban J connectivity index is 1.95. The first kappa shape index (κ1) is 14.9. The molecule has 0 spiro atoms. The van der Waals surface area contributed by atoms with Gasteiger partial charge in [0.15, 0.2) is 0 Å². The highest BCUT2D eigenvalue weighted by Crippen LogP contribution is 2.19. The average molecular weight is 286 g/mol. The first-order chi connectivity index (χ1) is 10.1. The highest BCUT2D eigenvalue weighted by Gasteiger charge is 2.12. The zero-order valence-corrected chi connectivity index (χ0v) is 12.1. The molecule has 0 aromatic heterocycles. The topological polar surface area (TPSA) is 55.8 Å². The summed E-state index contributed by atoms with van der Waals surface area (Å²) in [6, 6.07) is 14.8. The van der Waals surface area contributed by atoms with E-state index in [2.05, 4.69) is 0 Å². The van der Waals surface area contributed by atoms with Gasteiger partial charge in [0.1, 0.15) is 18.1 Å². The Hall–Kier alpha value is -2.49. The Morgan fingerprint density at radius 2 is 1.62 bits per heavy atom. The summed E-state index contributed by atoms with van der Waals surface area (Å²) in [7, 11) is 1.62. The number of benzene rings is 2. The molecule has 0 fully saturated rings. The maximum atomic E-state index is 10.9. The van der Waals surface area contributed by atoms with Crippen molar-refractivity contribution in [3.63, 3.8) is 0 Å². The van der Waals surface area contributed by atoms with Crippen molar-refractivity contribution in [1.82, 2.24) is 0 Å². The fraction of sp³-hybridized carbons (Fsp3) is 0.235. The number of carbonyl (C=O) groups is 1. The first-order valence-electron chi connectivity index (χ1n) is 6.68. The van der Waals surface area contributed by atoms with E-state index in [4.69, 9.17) is 14.6 Å². The first-order valence-corrected chi connectivity index (χ1v) is 6.68. The van der Waals surface area contributed by atoms with Crippen LogP contribution < -0.4 is 9.47 Å². The van der Waals surface area contributed by atoms with E-state index >= 15 is 0 Å². The van der Waals surface area contributed by atoms with E-state index in [1.807, 2.05) is 48.5 Å². The van der Waals surface area contributed by atoms with Gasteiger partial charge in [-0.25, -0.2) is 0 Å². The van der Waals surface area contributed by atoms with Crippen molar-refractivity contribution >= 4 is 5.97 Å². The average Bonchev–Trinajstić information content (AvgIpc) is 2.53. The third kappa shape index (κ3) is 3.99. The zero-order chi connectivity index (χ0) is 15.2. The fourth-order valence-electron chi connectivity index (χ4n) is 1.88. The summed E-state index contributed by atoms with van der Waals surface area (Å²) in [4.78, 5) is 10.9. The Morgan fingerprint density at radius 3 is 2.14 bits per heavy atom. The lowest BCUT2D eigenvalue weighted by atomic mass is 10.0. The van der Waals surface area contributed by atoms with Crippen LogP contribution >= 0.6 is 0 Å². The minimum atomic E-state index is -0.822. The Bertz CT molecular complexity index is 587. The van der Waals surface area contributed by atoms with Crippen molar-refractivity contribution in [3.8, 4) is 11.5 Å². The number of carboxylic acid groups (broad SMARTS) is 1. The summed E-state index contributed by atoms with van der Waals surface area (Å²) in [6.07, 6.45) is 0. The van der Waals surface area contributed by atoms with Crippen molar-refractivity contribution in [2.45, 2.75) is 19.4 Å². The molecule has 110 valence electrons. The van der Waals surface area contributed by atoms with E-state index in [9.17, 15) is 4.79 Å². The van der Waals surface area contributed by atoms with Gasteiger partial charge in [0.25, 0.3) is 0 Å². The normalized spacial score (nSPS) is 11.7. The van der Waals surface area contributed by atoms with Crippen LogP contribution in [0, 0.1) is 0 Å². The molecule has 21 heavy (non-hydrogen) atoms. The van der Waals surface area contributed by atoms with Gasteiger partial charge in [0, 0.05) is 0 Å². The molecular weight excluding hydrogens is 268 g/mol. The van der Waals surface area contributed by atoms with E-state index in [1.54, 1.807) is 14.0 Å². The van der Waals surface area contributed by atoms with E-state index in [-0.39, 0.29) is 0 Å². The third-order valence-corrected chi connectivity index (χ3v) is 3.32. The molecule has 0 aliphatic rings. The zero-order valence-electron chi connectivity index (χ0n) is 12.1. The predicted octanol–water partition coefficient (Wildman–Crippen LogP) is 3.46. The van der Waals surface area contributed by atoms with E-state index in [0.717, 1.165) is 22.6 Å². The Morgan fingerprint density at radius 1 is 1.05 bits per heavy atom. The molecule has 2 aromatic rings. The molecule has 0 saturated heterocycles. The van der Waals surface area contributed by atoms with Crippen LogP contribution in [0.1, 0.15) is 24.0 Å². The molecule has 0 saturated carbocycles. The summed E-state index contributed by atoms with van der Waals surface area (Å²) in [5.41, 5.74) is 1.78. The molecule has 2 aromatic carbocycles. The molecule has 4 nitrogen and oxygen atoms in total. The van der Waals surface area contributed by atoms with Crippen LogP contribution in [-0.2, 0) is 11.4 Å². The molecule has 0 aliphatic carbocycles. The van der Waals surface area contributed by atoms with Crippen LogP contribution in [0.15, 0.2) is 48.5 Å². The van der Waals surface area contributed by atoms with Crippen LogP contribution in [0.4, 0.5) is 0 Å². The summed E-state index contributed by atoms with van der Waals surface area (Å²) in [5.74, 6) is 0.229. The second-order valence-corrected chi connectivity index (χ2v) is 4.77. The van der Waals surface area contributed by atoms with Gasteiger partial charge < -0.3 is 14.6 Å². The van der Waals surface area contributed by atoms with E-state index in [0.29, 0.717) is 6.61 Å². The van der Waals surface area contributed by atoms with Crippen LogP contribution in [0.2, 0.25) is 0 Å². The van der Waals surface area contributed by atoms with E-state index < -0.39 is 11.9 Å². The minimum Gasteiger partial charge on any atom is -0.497 e. The molecule has 0 radical (unpaired) electrons. The number of methoxy groups -OCH3 is 1. The molecule has 1 N–H and O–H groups in total. The summed E-state index contributed by atoms with van der Waals surface area (Å²) in [5, 5.41) is 8.96. The molecular formula is C17H18O4. The van der Waals surface area contributed by atoms with Gasteiger partial charge in [-0.15, -0.1) is 0 Å². The van der Waals surface area contributed by atoms with Crippen molar-refractivity contribution in [2.24, 2.45) is 0 Å². The number of rotatable bonds is 6. The predicted molar refractivity (Wildman–Crippen MR) is 79.8 cm³/mol. The van der Waals surface area contributed by atoms with Crippen molar-refractivity contribution in [1.29, 1.82) is 0 Å². The van der Waals surface area contributed by atoms with Gasteiger partial charge in [0.2, 0.25) is 0 Å². The third-order valence-electron chi connectivity index (χ3n) is 3.32. The van der Waals surface area contributed by atoms with Crippen molar-refractivity contribution < 1.29 is 19.4 Å². The van der Waals surface area contributed by atoms with Gasteiger partial charge in [-0.2, -0.15) is 0 Å². The molecule has 4 heteroatoms. The molecule has 0 aliphatic heterocycles. The van der Waals surface area contributed by atoms with Crippen LogP contribution in [0.3, 0.4) is 0 Å². The Labute approximate surface area is 123 Å². The second kappa shape index (κ2) is 6.79. The molecule has 1 atom stereocenters. The maximum Gasteiger partial charge on any atom is 0.310 e. The largest absolute Gasteiger partial charge is 0.497 e. The monoisotopic (exact) mass is 286 g/mol. The van der Waals surface area contributed by atoms with Gasteiger partial charge in [-0.05, 0) is 42.3 Å². The van der Waals surface area contributed by atoms with Crippen LogP contribution in [0.25, 0.3) is 0 Å². The molecule has 2 rings (SSSR count). The quantitative estimate of drug-likeness (QED) is 0.883. The Kier molecular flexibility index (Phi) is 4.82. The van der Waals surface area contributed by atoms with Crippen LogP contribution in [0.5, 0.6) is 11.5 Å². The molecule has 0 amide bonds. The van der Waals surface area contributed by atoms with Crippen molar-refractivity contribution in [3.05, 3.63) is 59.7 Å². The number of hydrogen-bond donors (Lipinski definition) is 1. The van der Waals surface area contributed by atoms with Crippen LogP contribution in [-0.4, -0.2) is 18.2 Å².